The Hall–Kier alpha value is -4.34. The summed E-state index contributed by atoms with van der Waals surface area (Å²) in [5, 5.41) is 13.2. The molecule has 0 saturated carbocycles. The van der Waals surface area contributed by atoms with Crippen LogP contribution in [0.5, 0.6) is 11.6 Å². The molecule has 0 atom stereocenters. The molecule has 2 heterocycles. The minimum Gasteiger partial charge on any atom is -0.438 e. The molecule has 10 heteroatoms. The molecule has 0 aliphatic rings. The van der Waals surface area contributed by atoms with E-state index in [4.69, 9.17) is 4.74 Å². The summed E-state index contributed by atoms with van der Waals surface area (Å²) in [7, 11) is 0. The number of ether oxygens (including phenoxy) is 1. The molecule has 0 aliphatic heterocycles. The first-order valence-corrected chi connectivity index (χ1v) is 9.13. The fourth-order valence-corrected chi connectivity index (χ4v) is 2.71. The summed E-state index contributed by atoms with van der Waals surface area (Å²) < 4.78 is 33.6. The zero-order chi connectivity index (χ0) is 21.8. The number of nitrogens with zero attached hydrogens (tertiary/aromatic N) is 4. The normalized spacial score (nSPS) is 10.5. The van der Waals surface area contributed by atoms with Crippen molar-refractivity contribution < 1.29 is 18.3 Å². The van der Waals surface area contributed by atoms with E-state index >= 15 is 0 Å². The van der Waals surface area contributed by atoms with Crippen LogP contribution in [0.15, 0.2) is 67.0 Å². The van der Waals surface area contributed by atoms with Gasteiger partial charge in [-0.05, 0) is 49.4 Å². The second-order valence-corrected chi connectivity index (χ2v) is 6.41. The highest BCUT2D eigenvalue weighted by Gasteiger charge is 2.08. The third kappa shape index (κ3) is 4.81. The van der Waals surface area contributed by atoms with E-state index < -0.39 is 17.7 Å². The molecule has 0 aliphatic carbocycles. The number of carbonyl (C=O) groups is 1. The molecule has 0 saturated heterocycles. The van der Waals surface area contributed by atoms with E-state index in [9.17, 15) is 13.6 Å². The molecule has 0 spiro atoms. The van der Waals surface area contributed by atoms with Crippen LogP contribution in [0.4, 0.5) is 25.0 Å². The van der Waals surface area contributed by atoms with Crippen molar-refractivity contribution in [3.63, 3.8) is 0 Å². The number of anilines is 2. The maximum absolute atomic E-state index is 13.2. The van der Waals surface area contributed by atoms with Gasteiger partial charge in [-0.3, -0.25) is 4.57 Å². The molecule has 0 unspecified atom stereocenters. The fraction of sp³-hybridized carbons (Fsp3) is 0.0476. The zero-order valence-electron chi connectivity index (χ0n) is 16.2. The van der Waals surface area contributed by atoms with Crippen LogP contribution in [-0.4, -0.2) is 25.8 Å². The van der Waals surface area contributed by atoms with Crippen LogP contribution >= 0.6 is 0 Å². The van der Waals surface area contributed by atoms with Crippen LogP contribution in [0.2, 0.25) is 0 Å². The second-order valence-electron chi connectivity index (χ2n) is 6.41. The molecule has 4 rings (SSSR count). The highest BCUT2D eigenvalue weighted by atomic mass is 19.2. The number of benzene rings is 2. The van der Waals surface area contributed by atoms with Crippen LogP contribution in [-0.2, 0) is 0 Å². The minimum atomic E-state index is -1.05. The summed E-state index contributed by atoms with van der Waals surface area (Å²) in [5.41, 5.74) is 0.605. The number of aromatic nitrogens is 4. The maximum atomic E-state index is 13.2. The second kappa shape index (κ2) is 8.57. The monoisotopic (exact) mass is 422 g/mol. The van der Waals surface area contributed by atoms with Gasteiger partial charge in [0, 0.05) is 35.9 Å². The lowest BCUT2D eigenvalue weighted by molar-refractivity contribution is 0.262. The van der Waals surface area contributed by atoms with Crippen molar-refractivity contribution in [2.45, 2.75) is 6.92 Å². The molecule has 8 nitrogen and oxygen atoms in total. The molecule has 0 radical (unpaired) electrons. The predicted molar refractivity (Wildman–Crippen MR) is 109 cm³/mol. The summed E-state index contributed by atoms with van der Waals surface area (Å²) in [6.07, 6.45) is 3.46. The fourth-order valence-electron chi connectivity index (χ4n) is 2.71. The number of halogens is 2. The highest BCUT2D eigenvalue weighted by Crippen LogP contribution is 2.22. The Balaban J connectivity index is 1.35. The lowest BCUT2D eigenvalue weighted by Gasteiger charge is -2.09. The van der Waals surface area contributed by atoms with Gasteiger partial charge in [0.15, 0.2) is 17.5 Å². The van der Waals surface area contributed by atoms with Gasteiger partial charge in [0.2, 0.25) is 5.88 Å². The summed E-state index contributed by atoms with van der Waals surface area (Å²) in [6.45, 7) is 1.86. The first-order valence-electron chi connectivity index (χ1n) is 9.13. The van der Waals surface area contributed by atoms with Crippen LogP contribution < -0.4 is 15.4 Å². The molecular weight excluding hydrogens is 406 g/mol. The Bertz CT molecular complexity index is 1210. The number of hydrogen-bond donors (Lipinski definition) is 2. The van der Waals surface area contributed by atoms with Crippen LogP contribution in [0.1, 0.15) is 5.82 Å². The Kier molecular flexibility index (Phi) is 5.52. The van der Waals surface area contributed by atoms with E-state index in [1.807, 2.05) is 6.92 Å². The molecule has 2 N–H and O–H groups in total. The first-order chi connectivity index (χ1) is 15.0. The highest BCUT2D eigenvalue weighted by molar-refractivity contribution is 5.99. The van der Waals surface area contributed by atoms with E-state index in [1.165, 1.54) is 6.07 Å². The molecule has 0 fully saturated rings. The lowest BCUT2D eigenvalue weighted by Crippen LogP contribution is -2.19. The predicted octanol–water partition coefficient (Wildman–Crippen LogP) is 4.69. The summed E-state index contributed by atoms with van der Waals surface area (Å²) in [6, 6.07) is 12.5. The Morgan fingerprint density at radius 2 is 1.68 bits per heavy atom. The Morgan fingerprint density at radius 1 is 0.935 bits per heavy atom. The number of carbonyl (C=O) groups excluding carboxylic acids is 1. The summed E-state index contributed by atoms with van der Waals surface area (Å²) in [5.74, 6) is 0.174. The van der Waals surface area contributed by atoms with E-state index in [2.05, 4.69) is 25.8 Å². The van der Waals surface area contributed by atoms with Crippen LogP contribution in [0.3, 0.4) is 0 Å². The smallest absolute Gasteiger partial charge is 0.323 e. The number of imidazole rings is 1. The van der Waals surface area contributed by atoms with E-state index in [0.29, 0.717) is 23.1 Å². The summed E-state index contributed by atoms with van der Waals surface area (Å²) >= 11 is 0. The molecule has 2 aromatic heterocycles. The van der Waals surface area contributed by atoms with Crippen molar-refractivity contribution in [3.05, 3.63) is 84.4 Å². The zero-order valence-corrected chi connectivity index (χ0v) is 16.2. The van der Waals surface area contributed by atoms with Gasteiger partial charge in [-0.2, -0.15) is 0 Å². The SMILES string of the molecule is Cc1nccn1-c1ccc(Oc2ccc(NC(=O)Nc3ccc(F)c(F)c3)cc2)nn1. The van der Waals surface area contributed by atoms with Crippen molar-refractivity contribution in [2.24, 2.45) is 0 Å². The largest absolute Gasteiger partial charge is 0.438 e. The maximum Gasteiger partial charge on any atom is 0.323 e. The van der Waals surface area contributed by atoms with Gasteiger partial charge in [-0.25, -0.2) is 18.6 Å². The number of urea groups is 1. The molecule has 31 heavy (non-hydrogen) atoms. The quantitative estimate of drug-likeness (QED) is 0.487. The third-order valence-electron chi connectivity index (χ3n) is 4.21. The number of hydrogen-bond acceptors (Lipinski definition) is 5. The van der Waals surface area contributed by atoms with Gasteiger partial charge in [-0.1, -0.05) is 0 Å². The van der Waals surface area contributed by atoms with Crippen molar-refractivity contribution in [3.8, 4) is 17.4 Å². The lowest BCUT2D eigenvalue weighted by atomic mass is 10.3. The van der Waals surface area contributed by atoms with E-state index in [1.54, 1.807) is 53.4 Å². The molecular formula is C21H16F2N6O2. The molecule has 2 amide bonds. The average molecular weight is 422 g/mol. The van der Waals surface area contributed by atoms with Crippen LogP contribution in [0.25, 0.3) is 5.82 Å². The van der Waals surface area contributed by atoms with Gasteiger partial charge in [0.25, 0.3) is 0 Å². The number of rotatable bonds is 5. The Labute approximate surface area is 175 Å². The van der Waals surface area contributed by atoms with Crippen molar-refractivity contribution in [1.29, 1.82) is 0 Å². The van der Waals surface area contributed by atoms with Crippen molar-refractivity contribution in [1.82, 2.24) is 19.7 Å². The van der Waals surface area contributed by atoms with Gasteiger partial charge >= 0.3 is 6.03 Å². The van der Waals surface area contributed by atoms with Gasteiger partial charge < -0.3 is 15.4 Å². The van der Waals surface area contributed by atoms with Crippen molar-refractivity contribution in [2.75, 3.05) is 10.6 Å². The molecule has 0 bridgehead atoms. The van der Waals surface area contributed by atoms with Gasteiger partial charge in [0.05, 0.1) is 0 Å². The average Bonchev–Trinajstić information content (AvgIpc) is 3.18. The molecule has 156 valence electrons. The summed E-state index contributed by atoms with van der Waals surface area (Å²) in [4.78, 5) is 16.2. The molecule has 4 aromatic rings. The topological polar surface area (TPSA) is 94.0 Å². The number of aryl methyl sites for hydroxylation is 1. The number of amides is 2. The molecule has 2 aromatic carbocycles. The van der Waals surface area contributed by atoms with Gasteiger partial charge in [-0.15, -0.1) is 10.2 Å². The van der Waals surface area contributed by atoms with Crippen molar-refractivity contribution >= 4 is 17.4 Å². The standard InChI is InChI=1S/C21H16F2N6O2/c1-13-24-10-11-29(13)19-8-9-20(28-27-19)31-16-5-2-14(3-6-16)25-21(30)26-15-4-7-17(22)18(23)12-15/h2-12H,1H3,(H2,25,26,30). The van der Waals surface area contributed by atoms with Gasteiger partial charge in [0.1, 0.15) is 11.6 Å². The first kappa shape index (κ1) is 20.0. The van der Waals surface area contributed by atoms with E-state index in [-0.39, 0.29) is 5.69 Å². The van der Waals surface area contributed by atoms with Crippen LogP contribution in [0, 0.1) is 18.6 Å². The third-order valence-corrected chi connectivity index (χ3v) is 4.21. The Morgan fingerprint density at radius 3 is 2.32 bits per heavy atom. The van der Waals surface area contributed by atoms with E-state index in [0.717, 1.165) is 18.0 Å². The number of nitrogens with one attached hydrogen (secondary N) is 2. The minimum absolute atomic E-state index is 0.129.